The number of alkyl halides is 9. The third kappa shape index (κ3) is 2.35. The molecule has 0 aromatic carbocycles. The van der Waals surface area contributed by atoms with Crippen molar-refractivity contribution in [2.75, 3.05) is 5.75 Å². The summed E-state index contributed by atoms with van der Waals surface area (Å²) in [6, 6.07) is 0. The van der Waals surface area contributed by atoms with E-state index in [-0.39, 0.29) is 0 Å². The van der Waals surface area contributed by atoms with Gasteiger partial charge in [-0.15, -0.1) is 11.8 Å². The van der Waals surface area contributed by atoms with Crippen LogP contribution in [0.15, 0.2) is 0 Å². The van der Waals surface area contributed by atoms with Crippen molar-refractivity contribution >= 4 is 11.8 Å². The van der Waals surface area contributed by atoms with Crippen molar-refractivity contribution in [3.63, 3.8) is 0 Å². The van der Waals surface area contributed by atoms with Crippen LogP contribution in [-0.4, -0.2) is 29.0 Å². The molecule has 0 saturated carbocycles. The van der Waals surface area contributed by atoms with Gasteiger partial charge in [0.15, 0.2) is 0 Å². The molecule has 0 radical (unpaired) electrons. The van der Waals surface area contributed by atoms with Crippen LogP contribution in [0.2, 0.25) is 0 Å². The average Bonchev–Trinajstić information content (AvgIpc) is 1.99. The fraction of sp³-hybridized carbons (Fsp3) is 1.00. The van der Waals surface area contributed by atoms with E-state index < -0.39 is 40.8 Å². The predicted molar refractivity (Wildman–Crippen MR) is 39.0 cm³/mol. The van der Waals surface area contributed by atoms with Crippen LogP contribution < -0.4 is 0 Å². The molecule has 0 N–H and O–H groups in total. The minimum absolute atomic E-state index is 0.831. The second-order valence-electron chi connectivity index (χ2n) is 2.60. The Hall–Kier alpha value is -0.280. The van der Waals surface area contributed by atoms with Crippen LogP contribution >= 0.6 is 11.8 Å². The lowest BCUT2D eigenvalue weighted by atomic mass is 10.2. The Morgan fingerprint density at radius 1 is 0.750 bits per heavy atom. The Morgan fingerprint density at radius 3 is 1.31 bits per heavy atom. The average molecular weight is 280 g/mol. The summed E-state index contributed by atoms with van der Waals surface area (Å²) in [7, 11) is 0. The van der Waals surface area contributed by atoms with Gasteiger partial charge in [-0.25, -0.2) is 4.39 Å². The molecule has 16 heavy (non-hydrogen) atoms. The van der Waals surface area contributed by atoms with Gasteiger partial charge >= 0.3 is 23.3 Å². The molecule has 10 heteroatoms. The number of halogens is 9. The van der Waals surface area contributed by atoms with E-state index in [1.54, 1.807) is 0 Å². The van der Waals surface area contributed by atoms with Crippen LogP contribution in [0.3, 0.4) is 0 Å². The maximum atomic E-state index is 12.9. The molecule has 1 atom stereocenters. The molecule has 0 amide bonds. The van der Waals surface area contributed by atoms with Crippen LogP contribution in [0.1, 0.15) is 6.92 Å². The molecular weight excluding hydrogens is 275 g/mol. The summed E-state index contributed by atoms with van der Waals surface area (Å²) in [6.07, 6.45) is -12.9. The molecular formula is C6H5F9S. The maximum Gasteiger partial charge on any atom is 0.458 e. The van der Waals surface area contributed by atoms with Gasteiger partial charge in [0, 0.05) is 0 Å². The van der Waals surface area contributed by atoms with Crippen LogP contribution in [0, 0.1) is 0 Å². The fourth-order valence-corrected chi connectivity index (χ4v) is 1.59. The lowest BCUT2D eigenvalue weighted by molar-refractivity contribution is -0.356. The van der Waals surface area contributed by atoms with Crippen molar-refractivity contribution in [1.29, 1.82) is 0 Å². The zero-order valence-corrected chi connectivity index (χ0v) is 8.33. The summed E-state index contributed by atoms with van der Waals surface area (Å²) < 4.78 is 109. The first kappa shape index (κ1) is 15.7. The number of rotatable bonds is 3. The molecule has 0 rings (SSSR count). The van der Waals surface area contributed by atoms with E-state index in [0.29, 0.717) is 0 Å². The summed E-state index contributed by atoms with van der Waals surface area (Å²) in [4.78, 5) is 0. The topological polar surface area (TPSA) is 0 Å². The van der Waals surface area contributed by atoms with Crippen LogP contribution in [-0.2, 0) is 0 Å². The smallest absolute Gasteiger partial charge is 0.214 e. The molecule has 98 valence electrons. The highest BCUT2D eigenvalue weighted by molar-refractivity contribution is 8.00. The van der Waals surface area contributed by atoms with E-state index in [0.717, 1.165) is 6.92 Å². The number of thioether (sulfide) groups is 1. The van der Waals surface area contributed by atoms with Gasteiger partial charge in [0.25, 0.3) is 0 Å². The van der Waals surface area contributed by atoms with Gasteiger partial charge in [-0.2, -0.15) is 35.1 Å². The quantitative estimate of drug-likeness (QED) is 0.699. The van der Waals surface area contributed by atoms with Gasteiger partial charge < -0.3 is 0 Å². The van der Waals surface area contributed by atoms with Crippen molar-refractivity contribution in [1.82, 2.24) is 0 Å². The number of hydrogen-bond acceptors (Lipinski definition) is 1. The predicted octanol–water partition coefficient (Wildman–Crippen LogP) is 4.17. The van der Waals surface area contributed by atoms with E-state index >= 15 is 0 Å². The first-order valence-electron chi connectivity index (χ1n) is 3.65. The third-order valence-electron chi connectivity index (χ3n) is 1.47. The Kier molecular flexibility index (Phi) is 4.12. The summed E-state index contributed by atoms with van der Waals surface area (Å²) in [6.45, 7) is 0.831. The molecule has 0 bridgehead atoms. The van der Waals surface area contributed by atoms with Crippen molar-refractivity contribution < 1.29 is 39.5 Å². The van der Waals surface area contributed by atoms with Crippen molar-refractivity contribution in [2.24, 2.45) is 0 Å². The summed E-state index contributed by atoms with van der Waals surface area (Å²) in [5, 5.41) is -5.67. The van der Waals surface area contributed by atoms with Gasteiger partial charge in [0.05, 0.1) is 0 Å². The Balaban J connectivity index is 5.54. The van der Waals surface area contributed by atoms with Crippen molar-refractivity contribution in [2.45, 2.75) is 30.2 Å². The summed E-state index contributed by atoms with van der Waals surface area (Å²) >= 11 is -1.14. The van der Waals surface area contributed by atoms with Crippen LogP contribution in [0.5, 0.6) is 0 Å². The number of hydrogen-bond donors (Lipinski definition) is 0. The van der Waals surface area contributed by atoms with Crippen LogP contribution in [0.25, 0.3) is 0 Å². The van der Waals surface area contributed by atoms with Gasteiger partial charge in [-0.1, -0.05) is 6.92 Å². The highest BCUT2D eigenvalue weighted by Crippen LogP contribution is 2.57. The SMILES string of the molecule is CCSC(F)(C(F)(F)F)C(F)(F)C(F)(F)F. The molecule has 0 aliphatic heterocycles. The first-order valence-corrected chi connectivity index (χ1v) is 4.64. The standard InChI is InChI=1S/C6H5F9S/c1-2-16-4(9,6(13,14)15)3(7,8)5(10,11)12/h2H2,1H3. The minimum atomic E-state index is -6.61. The van der Waals surface area contributed by atoms with Crippen molar-refractivity contribution in [3.8, 4) is 0 Å². The third-order valence-corrected chi connectivity index (χ3v) is 2.64. The zero-order valence-electron chi connectivity index (χ0n) is 7.52. The summed E-state index contributed by atoms with van der Waals surface area (Å²) in [5.41, 5.74) is 0. The van der Waals surface area contributed by atoms with Crippen LogP contribution in [0.4, 0.5) is 39.5 Å². The minimum Gasteiger partial charge on any atom is -0.214 e. The van der Waals surface area contributed by atoms with Crippen molar-refractivity contribution in [3.05, 3.63) is 0 Å². The van der Waals surface area contributed by atoms with Gasteiger partial charge in [-0.3, -0.25) is 0 Å². The molecule has 0 aliphatic rings. The summed E-state index contributed by atoms with van der Waals surface area (Å²) in [5.74, 6) is -7.39. The first-order chi connectivity index (χ1) is 6.81. The second-order valence-corrected chi connectivity index (χ2v) is 4.03. The molecule has 1 unspecified atom stereocenters. The normalized spacial score (nSPS) is 18.4. The van der Waals surface area contributed by atoms with E-state index in [2.05, 4.69) is 0 Å². The lowest BCUT2D eigenvalue weighted by Crippen LogP contribution is -2.60. The van der Waals surface area contributed by atoms with Gasteiger partial charge in [0.1, 0.15) is 0 Å². The molecule has 0 heterocycles. The molecule has 0 fully saturated rings. The van der Waals surface area contributed by atoms with E-state index in [1.807, 2.05) is 0 Å². The monoisotopic (exact) mass is 280 g/mol. The highest BCUT2D eigenvalue weighted by atomic mass is 32.2. The Bertz CT molecular complexity index is 241. The fourth-order valence-electron chi connectivity index (χ4n) is 0.732. The van der Waals surface area contributed by atoms with E-state index in [1.165, 1.54) is 0 Å². The van der Waals surface area contributed by atoms with Gasteiger partial charge in [-0.05, 0) is 5.75 Å². The van der Waals surface area contributed by atoms with Gasteiger partial charge in [0.2, 0.25) is 0 Å². The molecule has 0 aliphatic carbocycles. The molecule has 0 nitrogen and oxygen atoms in total. The Morgan fingerprint density at radius 2 is 1.12 bits per heavy atom. The maximum absolute atomic E-state index is 12.9. The largest absolute Gasteiger partial charge is 0.458 e. The highest BCUT2D eigenvalue weighted by Gasteiger charge is 2.81. The Labute approximate surface area is 88.2 Å². The van der Waals surface area contributed by atoms with E-state index in [9.17, 15) is 39.5 Å². The second kappa shape index (κ2) is 4.19. The van der Waals surface area contributed by atoms with E-state index in [4.69, 9.17) is 0 Å². The molecule has 0 aromatic heterocycles. The molecule has 0 aromatic rings. The lowest BCUT2D eigenvalue weighted by Gasteiger charge is -2.34. The molecule has 0 saturated heterocycles. The molecule has 0 spiro atoms. The zero-order chi connectivity index (χ0) is 13.4.